The van der Waals surface area contributed by atoms with Crippen LogP contribution >= 0.6 is 0 Å². The molecular formula is C19H24F3NO3. The molecule has 1 aliphatic heterocycles. The summed E-state index contributed by atoms with van der Waals surface area (Å²) in [5.74, 6) is 0.442. The van der Waals surface area contributed by atoms with Gasteiger partial charge < -0.3 is 9.47 Å². The molecule has 2 rings (SSSR count). The molecule has 1 amide bonds. The van der Waals surface area contributed by atoms with Gasteiger partial charge in [-0.05, 0) is 64.3 Å². The van der Waals surface area contributed by atoms with Gasteiger partial charge >= 0.3 is 12.3 Å². The predicted octanol–water partition coefficient (Wildman–Crippen LogP) is 5.31. The number of fused-ring (bicyclic) bond motifs is 1. The van der Waals surface area contributed by atoms with Crippen LogP contribution in [0.2, 0.25) is 0 Å². The molecular weight excluding hydrogens is 347 g/mol. The van der Waals surface area contributed by atoms with E-state index in [0.29, 0.717) is 23.5 Å². The lowest BCUT2D eigenvalue weighted by molar-refractivity contribution is -0.150. The van der Waals surface area contributed by atoms with Crippen molar-refractivity contribution in [3.63, 3.8) is 0 Å². The lowest BCUT2D eigenvalue weighted by Gasteiger charge is -2.38. The fourth-order valence-electron chi connectivity index (χ4n) is 2.89. The van der Waals surface area contributed by atoms with Crippen LogP contribution in [-0.4, -0.2) is 30.5 Å². The molecule has 0 saturated heterocycles. The Balaban J connectivity index is 2.44. The maximum atomic E-state index is 13.5. The van der Waals surface area contributed by atoms with E-state index in [1.165, 1.54) is 6.07 Å². The number of rotatable bonds is 3. The van der Waals surface area contributed by atoms with Gasteiger partial charge in [0.05, 0.1) is 12.3 Å². The van der Waals surface area contributed by atoms with Gasteiger partial charge in [-0.3, -0.25) is 4.90 Å². The minimum Gasteiger partial charge on any atom is -0.494 e. The van der Waals surface area contributed by atoms with Gasteiger partial charge in [0.25, 0.3) is 0 Å². The van der Waals surface area contributed by atoms with Crippen molar-refractivity contribution in [2.75, 3.05) is 11.5 Å². The number of benzene rings is 1. The zero-order chi connectivity index (χ0) is 19.7. The second kappa shape index (κ2) is 7.21. The fraction of sp³-hybridized carbons (Fsp3) is 0.526. The summed E-state index contributed by atoms with van der Waals surface area (Å²) in [6.07, 6.45) is -5.56. The van der Waals surface area contributed by atoms with E-state index < -0.39 is 23.9 Å². The molecule has 26 heavy (non-hydrogen) atoms. The summed E-state index contributed by atoms with van der Waals surface area (Å²) in [5, 5.41) is 0. The van der Waals surface area contributed by atoms with Crippen molar-refractivity contribution in [2.24, 2.45) is 0 Å². The van der Waals surface area contributed by atoms with Crippen LogP contribution in [0.3, 0.4) is 0 Å². The minimum atomic E-state index is -4.54. The monoisotopic (exact) mass is 371 g/mol. The number of ether oxygens (including phenoxy) is 2. The van der Waals surface area contributed by atoms with Crippen LogP contribution in [0.5, 0.6) is 0 Å². The van der Waals surface area contributed by atoms with Crippen LogP contribution < -0.4 is 4.90 Å². The van der Waals surface area contributed by atoms with E-state index in [2.05, 4.69) is 6.58 Å². The lowest BCUT2D eigenvalue weighted by Crippen LogP contribution is -2.53. The summed E-state index contributed by atoms with van der Waals surface area (Å²) in [4.78, 5) is 13.2. The minimum absolute atomic E-state index is 0.200. The molecule has 144 valence electrons. The van der Waals surface area contributed by atoms with Crippen molar-refractivity contribution in [1.29, 1.82) is 0 Å². The van der Waals surface area contributed by atoms with Gasteiger partial charge in [-0.25, -0.2) is 4.79 Å². The molecule has 0 aromatic heterocycles. The standard InChI is InChI=1S/C19H24F3NO3/c1-6-25-12(2)13-7-9-15-14(11-13)8-10-16(19(20,21)22)23(15)17(24)26-18(3,4)5/h7,9,11,16H,2,6,8,10H2,1,3-5H3. The van der Waals surface area contributed by atoms with Gasteiger partial charge in [0.15, 0.2) is 0 Å². The van der Waals surface area contributed by atoms with Gasteiger partial charge in [-0.15, -0.1) is 0 Å². The molecule has 1 aliphatic rings. The van der Waals surface area contributed by atoms with Crippen molar-refractivity contribution in [1.82, 2.24) is 0 Å². The number of carbonyl (C=O) groups excluding carboxylic acids is 1. The number of carbonyl (C=O) groups is 1. The third-order valence-corrected chi connectivity index (χ3v) is 3.95. The topological polar surface area (TPSA) is 38.8 Å². The van der Waals surface area contributed by atoms with Crippen LogP contribution in [0.15, 0.2) is 24.8 Å². The maximum Gasteiger partial charge on any atom is 0.415 e. The number of aryl methyl sites for hydroxylation is 1. The number of hydrogen-bond acceptors (Lipinski definition) is 3. The maximum absolute atomic E-state index is 13.5. The first-order valence-corrected chi connectivity index (χ1v) is 8.48. The van der Waals surface area contributed by atoms with E-state index in [1.54, 1.807) is 32.9 Å². The highest BCUT2D eigenvalue weighted by Crippen LogP contribution is 2.40. The second-order valence-corrected chi connectivity index (χ2v) is 7.15. The Kier molecular flexibility index (Phi) is 5.58. The number of hydrogen-bond donors (Lipinski definition) is 0. The molecule has 0 spiro atoms. The third-order valence-electron chi connectivity index (χ3n) is 3.95. The van der Waals surface area contributed by atoms with Crippen molar-refractivity contribution >= 4 is 17.5 Å². The number of halogens is 3. The van der Waals surface area contributed by atoms with E-state index >= 15 is 0 Å². The molecule has 0 aliphatic carbocycles. The SMILES string of the molecule is C=C(OCC)c1ccc2c(c1)CCC(C(F)(F)F)N2C(=O)OC(C)(C)C. The van der Waals surface area contributed by atoms with E-state index in [-0.39, 0.29) is 18.5 Å². The molecule has 0 N–H and O–H groups in total. The van der Waals surface area contributed by atoms with Crippen LogP contribution in [0.4, 0.5) is 23.7 Å². The van der Waals surface area contributed by atoms with E-state index in [0.717, 1.165) is 4.90 Å². The first kappa shape index (κ1) is 20.1. The Morgan fingerprint density at radius 2 is 1.96 bits per heavy atom. The van der Waals surface area contributed by atoms with Gasteiger partial charge in [0.1, 0.15) is 17.4 Å². The highest BCUT2D eigenvalue weighted by atomic mass is 19.4. The van der Waals surface area contributed by atoms with Gasteiger partial charge in [-0.2, -0.15) is 13.2 Å². The van der Waals surface area contributed by atoms with E-state index in [9.17, 15) is 18.0 Å². The van der Waals surface area contributed by atoms with E-state index in [1.807, 2.05) is 6.92 Å². The smallest absolute Gasteiger partial charge is 0.415 e. The third kappa shape index (κ3) is 4.51. The number of anilines is 1. The van der Waals surface area contributed by atoms with Crippen LogP contribution in [-0.2, 0) is 15.9 Å². The zero-order valence-electron chi connectivity index (χ0n) is 15.4. The second-order valence-electron chi connectivity index (χ2n) is 7.15. The molecule has 7 heteroatoms. The number of alkyl halides is 3. The summed E-state index contributed by atoms with van der Waals surface area (Å²) in [7, 11) is 0. The first-order valence-electron chi connectivity index (χ1n) is 8.48. The fourth-order valence-corrected chi connectivity index (χ4v) is 2.89. The molecule has 1 aromatic carbocycles. The van der Waals surface area contributed by atoms with Gasteiger partial charge in [0.2, 0.25) is 0 Å². The van der Waals surface area contributed by atoms with Gasteiger partial charge in [0, 0.05) is 5.56 Å². The molecule has 4 nitrogen and oxygen atoms in total. The van der Waals surface area contributed by atoms with Crippen LogP contribution in [0.25, 0.3) is 5.76 Å². The molecule has 0 saturated carbocycles. The summed E-state index contributed by atoms with van der Waals surface area (Å²) >= 11 is 0. The van der Waals surface area contributed by atoms with Gasteiger partial charge in [-0.1, -0.05) is 6.58 Å². The lowest BCUT2D eigenvalue weighted by atomic mass is 9.94. The summed E-state index contributed by atoms with van der Waals surface area (Å²) in [6.45, 7) is 10.9. The summed E-state index contributed by atoms with van der Waals surface area (Å²) < 4.78 is 51.1. The van der Waals surface area contributed by atoms with E-state index in [4.69, 9.17) is 9.47 Å². The largest absolute Gasteiger partial charge is 0.494 e. The van der Waals surface area contributed by atoms with Crippen molar-refractivity contribution in [3.8, 4) is 0 Å². The van der Waals surface area contributed by atoms with Crippen LogP contribution in [0, 0.1) is 0 Å². The average molecular weight is 371 g/mol. The Morgan fingerprint density at radius 1 is 1.31 bits per heavy atom. The molecule has 0 bridgehead atoms. The predicted molar refractivity (Wildman–Crippen MR) is 94.0 cm³/mol. The molecule has 1 atom stereocenters. The molecule has 0 fully saturated rings. The Morgan fingerprint density at radius 3 is 2.50 bits per heavy atom. The first-order chi connectivity index (χ1) is 11.9. The van der Waals surface area contributed by atoms with Crippen molar-refractivity contribution in [3.05, 3.63) is 35.9 Å². The highest BCUT2D eigenvalue weighted by Gasteiger charge is 2.49. The molecule has 1 unspecified atom stereocenters. The summed E-state index contributed by atoms with van der Waals surface area (Å²) in [6, 6.07) is 2.91. The Labute approximate surface area is 151 Å². The average Bonchev–Trinajstić information content (AvgIpc) is 2.50. The quantitative estimate of drug-likeness (QED) is 0.676. The summed E-state index contributed by atoms with van der Waals surface area (Å²) in [5.41, 5.74) is 0.629. The van der Waals surface area contributed by atoms with Crippen LogP contribution in [0.1, 0.15) is 45.2 Å². The molecule has 0 radical (unpaired) electrons. The Hall–Kier alpha value is -2.18. The Bertz CT molecular complexity index is 692. The highest BCUT2D eigenvalue weighted by molar-refractivity contribution is 5.91. The van der Waals surface area contributed by atoms with Crippen molar-refractivity contribution in [2.45, 2.75) is 58.4 Å². The zero-order valence-corrected chi connectivity index (χ0v) is 15.4. The molecule has 1 aromatic rings. The normalized spacial score (nSPS) is 17.5. The molecule has 1 heterocycles. The number of amides is 1. The number of nitrogens with zero attached hydrogens (tertiary/aromatic N) is 1. The van der Waals surface area contributed by atoms with Crippen molar-refractivity contribution < 1.29 is 27.4 Å².